The zero-order valence-corrected chi connectivity index (χ0v) is 16.5. The third kappa shape index (κ3) is 5.16. The van der Waals surface area contributed by atoms with Crippen molar-refractivity contribution in [3.63, 3.8) is 0 Å². The molecule has 28 heavy (non-hydrogen) atoms. The van der Waals surface area contributed by atoms with Gasteiger partial charge in [0.25, 0.3) is 11.6 Å². The molecule has 1 aliphatic rings. The molecule has 0 aliphatic carbocycles. The fourth-order valence-electron chi connectivity index (χ4n) is 3.74. The van der Waals surface area contributed by atoms with Crippen molar-refractivity contribution in [2.24, 2.45) is 5.92 Å². The van der Waals surface area contributed by atoms with Crippen LogP contribution in [0, 0.1) is 23.0 Å². The number of nitrogens with one attached hydrogen (secondary N) is 1. The number of likely N-dealkylation sites (tertiary alicyclic amines) is 1. The van der Waals surface area contributed by atoms with Gasteiger partial charge >= 0.3 is 0 Å². The molecule has 148 valence electrons. The average Bonchev–Trinajstić information content (AvgIpc) is 2.67. The van der Waals surface area contributed by atoms with E-state index in [0.29, 0.717) is 17.7 Å². The van der Waals surface area contributed by atoms with Gasteiger partial charge < -0.3 is 5.32 Å². The summed E-state index contributed by atoms with van der Waals surface area (Å²) in [5.74, 6) is 0.546. The Morgan fingerprint density at radius 2 is 1.93 bits per heavy atom. The number of nitrogens with zero attached hydrogens (tertiary/aromatic N) is 2. The molecule has 6 nitrogen and oxygen atoms in total. The summed E-state index contributed by atoms with van der Waals surface area (Å²) in [6.45, 7) is 7.74. The van der Waals surface area contributed by atoms with Gasteiger partial charge in [-0.15, -0.1) is 0 Å². The molecule has 1 heterocycles. The lowest BCUT2D eigenvalue weighted by molar-refractivity contribution is -0.384. The number of hydrogen-bond donors (Lipinski definition) is 1. The van der Waals surface area contributed by atoms with Crippen LogP contribution < -0.4 is 5.32 Å². The summed E-state index contributed by atoms with van der Waals surface area (Å²) in [6.07, 6.45) is 2.59. The number of benzene rings is 2. The van der Waals surface area contributed by atoms with Crippen molar-refractivity contribution in [2.45, 2.75) is 39.8 Å². The number of amides is 1. The minimum absolute atomic E-state index is 0.00672. The van der Waals surface area contributed by atoms with Gasteiger partial charge in [-0.1, -0.05) is 31.2 Å². The lowest BCUT2D eigenvalue weighted by Gasteiger charge is -2.30. The summed E-state index contributed by atoms with van der Waals surface area (Å²) < 4.78 is 0. The number of aryl methyl sites for hydroxylation is 1. The topological polar surface area (TPSA) is 75.5 Å². The van der Waals surface area contributed by atoms with Crippen molar-refractivity contribution in [3.8, 4) is 0 Å². The number of nitro groups is 1. The Kier molecular flexibility index (Phi) is 6.41. The number of nitro benzene ring substituents is 1. The highest BCUT2D eigenvalue weighted by atomic mass is 16.6. The molecule has 0 spiro atoms. The quantitative estimate of drug-likeness (QED) is 0.605. The molecule has 2 aromatic rings. The van der Waals surface area contributed by atoms with E-state index >= 15 is 0 Å². The maximum atomic E-state index is 12.4. The van der Waals surface area contributed by atoms with Gasteiger partial charge in [0.2, 0.25) is 0 Å². The number of carbonyl (C=O) groups is 1. The van der Waals surface area contributed by atoms with Crippen LogP contribution in [-0.2, 0) is 13.1 Å². The molecule has 1 fully saturated rings. The molecule has 0 radical (unpaired) electrons. The summed E-state index contributed by atoms with van der Waals surface area (Å²) in [4.78, 5) is 25.3. The van der Waals surface area contributed by atoms with E-state index in [4.69, 9.17) is 0 Å². The standard InChI is InChI=1S/C22H27N3O3/c1-16-4-3-11-24(14-16)15-19-7-5-18(6-8-19)13-23-22(26)21-10-9-20(25(27)28)12-17(21)2/h5-10,12,16H,3-4,11,13-15H2,1-2H3,(H,23,26). The monoisotopic (exact) mass is 381 g/mol. The van der Waals surface area contributed by atoms with Crippen molar-refractivity contribution >= 4 is 11.6 Å². The maximum Gasteiger partial charge on any atom is 0.269 e. The Morgan fingerprint density at radius 3 is 2.57 bits per heavy atom. The first kappa shape index (κ1) is 20.0. The Labute approximate surface area is 165 Å². The SMILES string of the molecule is Cc1cc([N+](=O)[O-])ccc1C(=O)NCc1ccc(CN2CCCC(C)C2)cc1. The average molecular weight is 381 g/mol. The minimum atomic E-state index is -0.458. The van der Waals surface area contributed by atoms with Crippen LogP contribution in [0.4, 0.5) is 5.69 Å². The Hall–Kier alpha value is -2.73. The Morgan fingerprint density at radius 1 is 1.21 bits per heavy atom. The van der Waals surface area contributed by atoms with Crippen LogP contribution in [0.25, 0.3) is 0 Å². The number of non-ortho nitro benzene ring substituents is 1. The van der Waals surface area contributed by atoms with E-state index in [-0.39, 0.29) is 11.6 Å². The second kappa shape index (κ2) is 8.97. The lowest BCUT2D eigenvalue weighted by atomic mass is 9.99. The second-order valence-electron chi connectivity index (χ2n) is 7.74. The molecule has 6 heteroatoms. The fraction of sp³-hybridized carbons (Fsp3) is 0.409. The molecule has 2 aromatic carbocycles. The van der Waals surface area contributed by atoms with Crippen LogP contribution in [0.5, 0.6) is 0 Å². The molecular weight excluding hydrogens is 354 g/mol. The zero-order valence-electron chi connectivity index (χ0n) is 16.5. The van der Waals surface area contributed by atoms with E-state index in [9.17, 15) is 14.9 Å². The molecule has 1 aliphatic heterocycles. The van der Waals surface area contributed by atoms with Gasteiger partial charge in [-0.2, -0.15) is 0 Å². The lowest BCUT2D eigenvalue weighted by Crippen LogP contribution is -2.33. The number of carbonyl (C=O) groups excluding carboxylic acids is 1. The highest BCUT2D eigenvalue weighted by molar-refractivity contribution is 5.95. The van der Waals surface area contributed by atoms with Crippen LogP contribution in [0.15, 0.2) is 42.5 Å². The van der Waals surface area contributed by atoms with Crippen LogP contribution in [0.2, 0.25) is 0 Å². The van der Waals surface area contributed by atoms with Crippen LogP contribution in [0.1, 0.15) is 46.8 Å². The maximum absolute atomic E-state index is 12.4. The molecule has 1 unspecified atom stereocenters. The highest BCUT2D eigenvalue weighted by Crippen LogP contribution is 2.19. The smallest absolute Gasteiger partial charge is 0.269 e. The molecule has 1 saturated heterocycles. The largest absolute Gasteiger partial charge is 0.348 e. The van der Waals surface area contributed by atoms with Crippen molar-refractivity contribution in [2.75, 3.05) is 13.1 Å². The van der Waals surface area contributed by atoms with Gasteiger partial charge in [0.05, 0.1) is 4.92 Å². The summed E-state index contributed by atoms with van der Waals surface area (Å²) in [5.41, 5.74) is 3.37. The van der Waals surface area contributed by atoms with E-state index in [1.807, 2.05) is 12.1 Å². The summed E-state index contributed by atoms with van der Waals surface area (Å²) in [5, 5.41) is 13.7. The van der Waals surface area contributed by atoms with Crippen LogP contribution in [-0.4, -0.2) is 28.8 Å². The molecule has 0 saturated carbocycles. The molecular formula is C22H27N3O3. The first-order chi connectivity index (χ1) is 13.4. The van der Waals surface area contributed by atoms with Crippen molar-refractivity contribution in [1.29, 1.82) is 0 Å². The van der Waals surface area contributed by atoms with Crippen LogP contribution in [0.3, 0.4) is 0 Å². The van der Waals surface area contributed by atoms with Gasteiger partial charge in [0.1, 0.15) is 0 Å². The van der Waals surface area contributed by atoms with Crippen LogP contribution >= 0.6 is 0 Å². The molecule has 1 N–H and O–H groups in total. The van der Waals surface area contributed by atoms with Gasteiger partial charge in [-0.25, -0.2) is 0 Å². The van der Waals surface area contributed by atoms with E-state index in [0.717, 1.165) is 31.1 Å². The normalized spacial score (nSPS) is 17.3. The first-order valence-corrected chi connectivity index (χ1v) is 9.76. The van der Waals surface area contributed by atoms with Gasteiger partial charge in [0, 0.05) is 37.3 Å². The predicted molar refractivity (Wildman–Crippen MR) is 109 cm³/mol. The second-order valence-corrected chi connectivity index (χ2v) is 7.74. The number of rotatable bonds is 6. The summed E-state index contributed by atoms with van der Waals surface area (Å²) in [7, 11) is 0. The molecule has 0 bridgehead atoms. The Balaban J connectivity index is 1.54. The molecule has 1 atom stereocenters. The van der Waals surface area contributed by atoms with E-state index in [1.54, 1.807) is 6.92 Å². The third-order valence-corrected chi connectivity index (χ3v) is 5.29. The summed E-state index contributed by atoms with van der Waals surface area (Å²) in [6, 6.07) is 12.6. The van der Waals surface area contributed by atoms with Crippen molar-refractivity contribution < 1.29 is 9.72 Å². The fourth-order valence-corrected chi connectivity index (χ4v) is 3.74. The molecule has 3 rings (SSSR count). The molecule has 1 amide bonds. The van der Waals surface area contributed by atoms with Gasteiger partial charge in [0.15, 0.2) is 0 Å². The minimum Gasteiger partial charge on any atom is -0.348 e. The Bertz CT molecular complexity index is 849. The first-order valence-electron chi connectivity index (χ1n) is 9.76. The summed E-state index contributed by atoms with van der Waals surface area (Å²) >= 11 is 0. The van der Waals surface area contributed by atoms with Crippen molar-refractivity contribution in [1.82, 2.24) is 10.2 Å². The van der Waals surface area contributed by atoms with E-state index in [1.165, 1.54) is 36.6 Å². The van der Waals surface area contributed by atoms with Gasteiger partial charge in [-0.05, 0) is 55.0 Å². The van der Waals surface area contributed by atoms with Crippen molar-refractivity contribution in [3.05, 3.63) is 74.8 Å². The predicted octanol–water partition coefficient (Wildman–Crippen LogP) is 4.07. The van der Waals surface area contributed by atoms with E-state index in [2.05, 4.69) is 29.3 Å². The highest BCUT2D eigenvalue weighted by Gasteiger charge is 2.16. The third-order valence-electron chi connectivity index (χ3n) is 5.29. The molecule has 0 aromatic heterocycles. The van der Waals surface area contributed by atoms with E-state index < -0.39 is 4.92 Å². The van der Waals surface area contributed by atoms with Gasteiger partial charge in [-0.3, -0.25) is 19.8 Å². The number of piperidine rings is 1. The number of hydrogen-bond acceptors (Lipinski definition) is 4. The zero-order chi connectivity index (χ0) is 20.1.